The van der Waals surface area contributed by atoms with Crippen LogP contribution in [0.5, 0.6) is 0 Å². The first-order valence-electron chi connectivity index (χ1n) is 4.92. The van der Waals surface area contributed by atoms with E-state index < -0.39 is 9.68 Å². The van der Waals surface area contributed by atoms with Crippen LogP contribution in [0.4, 0.5) is 0 Å². The zero-order chi connectivity index (χ0) is 10.3. The van der Waals surface area contributed by atoms with Gasteiger partial charge in [-0.05, 0) is 17.8 Å². The van der Waals surface area contributed by atoms with Gasteiger partial charge in [-0.25, -0.2) is 0 Å². The summed E-state index contributed by atoms with van der Waals surface area (Å²) in [5.74, 6) is 0. The second-order valence-corrected chi connectivity index (χ2v) is 6.28. The topological polar surface area (TPSA) is 26.0 Å². The first-order chi connectivity index (χ1) is 5.81. The van der Waals surface area contributed by atoms with Gasteiger partial charge in [-0.2, -0.15) is 0 Å². The van der Waals surface area contributed by atoms with Crippen molar-refractivity contribution < 1.29 is 0 Å². The number of rotatable bonds is 1. The molecule has 1 rings (SSSR count). The lowest BCUT2D eigenvalue weighted by atomic mass is 9.64. The maximum Gasteiger partial charge on any atom is 0.118 e. The van der Waals surface area contributed by atoms with Gasteiger partial charge >= 0.3 is 0 Å². The lowest BCUT2D eigenvalue weighted by Gasteiger charge is -2.44. The Labute approximate surface area is 84.0 Å². The Balaban J connectivity index is 3.18. The summed E-state index contributed by atoms with van der Waals surface area (Å²) in [5.41, 5.74) is 1.86. The summed E-state index contributed by atoms with van der Waals surface area (Å²) in [4.78, 5) is 0. The van der Waals surface area contributed by atoms with Gasteiger partial charge in [0.15, 0.2) is 0 Å². The SMILES string of the molecule is CC1=CC(C)(C)C(C)(C)C([SiH2]N)=C1. The van der Waals surface area contributed by atoms with Crippen LogP contribution in [0.1, 0.15) is 34.6 Å². The van der Waals surface area contributed by atoms with E-state index in [0.717, 1.165) is 0 Å². The molecule has 1 aliphatic rings. The summed E-state index contributed by atoms with van der Waals surface area (Å²) in [6.45, 7) is 11.4. The van der Waals surface area contributed by atoms with E-state index in [-0.39, 0.29) is 10.8 Å². The molecule has 1 aliphatic carbocycles. The van der Waals surface area contributed by atoms with E-state index in [2.05, 4.69) is 46.8 Å². The van der Waals surface area contributed by atoms with Crippen molar-refractivity contribution in [2.24, 2.45) is 16.2 Å². The largest absolute Gasteiger partial charge is 0.352 e. The van der Waals surface area contributed by atoms with E-state index in [1.165, 1.54) is 10.8 Å². The molecular weight excluding hydrogens is 174 g/mol. The van der Waals surface area contributed by atoms with Gasteiger partial charge in [-0.15, -0.1) is 0 Å². The molecule has 2 heteroatoms. The van der Waals surface area contributed by atoms with Crippen molar-refractivity contribution in [2.45, 2.75) is 34.6 Å². The molecule has 0 fully saturated rings. The average Bonchev–Trinajstić information content (AvgIpc) is 1.96. The molecule has 74 valence electrons. The highest BCUT2D eigenvalue weighted by molar-refractivity contribution is 6.42. The minimum atomic E-state index is -0.516. The van der Waals surface area contributed by atoms with Crippen LogP contribution in [-0.2, 0) is 0 Å². The smallest absolute Gasteiger partial charge is 0.118 e. The number of hydrogen-bond donors (Lipinski definition) is 1. The molecule has 0 atom stereocenters. The molecule has 0 aliphatic heterocycles. The number of nitrogens with two attached hydrogens (primary N) is 1. The van der Waals surface area contributed by atoms with Gasteiger partial charge in [0.05, 0.1) is 0 Å². The third-order valence-electron chi connectivity index (χ3n) is 3.62. The van der Waals surface area contributed by atoms with Crippen LogP contribution in [-0.4, -0.2) is 9.68 Å². The minimum Gasteiger partial charge on any atom is -0.352 e. The first kappa shape index (κ1) is 10.7. The quantitative estimate of drug-likeness (QED) is 0.636. The molecule has 0 aromatic heterocycles. The van der Waals surface area contributed by atoms with Crippen LogP contribution in [0.2, 0.25) is 0 Å². The zero-order valence-electron chi connectivity index (χ0n) is 9.44. The Morgan fingerprint density at radius 2 is 1.77 bits per heavy atom. The van der Waals surface area contributed by atoms with Gasteiger partial charge in [0, 0.05) is 0 Å². The van der Waals surface area contributed by atoms with E-state index in [9.17, 15) is 0 Å². The summed E-state index contributed by atoms with van der Waals surface area (Å²) in [6.07, 6.45) is 4.65. The first-order valence-corrected chi connectivity index (χ1v) is 6.44. The molecular formula is C11H21NSi. The second kappa shape index (κ2) is 3.10. The monoisotopic (exact) mass is 195 g/mol. The van der Waals surface area contributed by atoms with Gasteiger partial charge in [0.2, 0.25) is 0 Å². The Bertz CT molecular complexity index is 272. The van der Waals surface area contributed by atoms with Crippen LogP contribution in [0.3, 0.4) is 0 Å². The summed E-state index contributed by atoms with van der Waals surface area (Å²) >= 11 is 0. The van der Waals surface area contributed by atoms with Crippen LogP contribution in [0, 0.1) is 10.8 Å². The van der Waals surface area contributed by atoms with Gasteiger partial charge in [0.1, 0.15) is 9.68 Å². The van der Waals surface area contributed by atoms with Gasteiger partial charge in [-0.3, -0.25) is 0 Å². The lowest BCUT2D eigenvalue weighted by molar-refractivity contribution is 0.220. The Morgan fingerprint density at radius 3 is 2.23 bits per heavy atom. The Kier molecular flexibility index (Phi) is 2.56. The van der Waals surface area contributed by atoms with Crippen molar-refractivity contribution >= 4 is 9.68 Å². The highest BCUT2D eigenvalue weighted by Crippen LogP contribution is 2.48. The second-order valence-electron chi connectivity index (χ2n) is 5.11. The van der Waals surface area contributed by atoms with Crippen LogP contribution in [0.25, 0.3) is 0 Å². The van der Waals surface area contributed by atoms with Crippen LogP contribution >= 0.6 is 0 Å². The van der Waals surface area contributed by atoms with Crippen LogP contribution < -0.4 is 5.40 Å². The fourth-order valence-electron chi connectivity index (χ4n) is 1.97. The van der Waals surface area contributed by atoms with Crippen LogP contribution in [0.15, 0.2) is 22.9 Å². The molecule has 0 amide bonds. The van der Waals surface area contributed by atoms with Crippen molar-refractivity contribution in [3.63, 3.8) is 0 Å². The lowest BCUT2D eigenvalue weighted by Crippen LogP contribution is -2.38. The highest BCUT2D eigenvalue weighted by atomic mass is 28.2. The third-order valence-corrected chi connectivity index (χ3v) is 5.15. The maximum atomic E-state index is 5.91. The molecule has 0 spiro atoms. The van der Waals surface area contributed by atoms with Gasteiger partial charge < -0.3 is 5.40 Å². The predicted molar refractivity (Wildman–Crippen MR) is 62.1 cm³/mol. The number of allylic oxidation sites excluding steroid dienone is 4. The highest BCUT2D eigenvalue weighted by Gasteiger charge is 2.39. The Morgan fingerprint density at radius 1 is 1.23 bits per heavy atom. The Hall–Kier alpha value is -0.343. The predicted octanol–water partition coefficient (Wildman–Crippen LogP) is 1.93. The molecule has 0 radical (unpaired) electrons. The molecule has 0 aromatic carbocycles. The van der Waals surface area contributed by atoms with E-state index in [0.29, 0.717) is 0 Å². The minimum absolute atomic E-state index is 0.244. The summed E-state index contributed by atoms with van der Waals surface area (Å²) < 4.78 is 0. The zero-order valence-corrected chi connectivity index (χ0v) is 10.9. The normalized spacial score (nSPS) is 26.0. The molecule has 0 heterocycles. The van der Waals surface area contributed by atoms with Crippen molar-refractivity contribution in [3.8, 4) is 0 Å². The van der Waals surface area contributed by atoms with E-state index in [4.69, 9.17) is 5.40 Å². The van der Waals surface area contributed by atoms with Gasteiger partial charge in [-0.1, -0.05) is 50.6 Å². The van der Waals surface area contributed by atoms with E-state index in [1.54, 1.807) is 0 Å². The molecule has 0 saturated heterocycles. The summed E-state index contributed by atoms with van der Waals surface area (Å²) in [7, 11) is -0.516. The third kappa shape index (κ3) is 1.65. The molecule has 0 saturated carbocycles. The maximum absolute atomic E-state index is 5.91. The molecule has 0 bridgehead atoms. The fourth-order valence-corrected chi connectivity index (χ4v) is 3.38. The van der Waals surface area contributed by atoms with E-state index >= 15 is 0 Å². The number of hydrogen-bond acceptors (Lipinski definition) is 1. The van der Waals surface area contributed by atoms with Crippen molar-refractivity contribution in [1.82, 2.24) is 0 Å². The van der Waals surface area contributed by atoms with Crippen molar-refractivity contribution in [1.29, 1.82) is 0 Å². The van der Waals surface area contributed by atoms with E-state index in [1.807, 2.05) is 0 Å². The standard InChI is InChI=1S/C11H21NSi/c1-8-6-9(13-12)11(4,5)10(2,3)7-8/h6-7H,12-13H2,1-5H3. The molecule has 13 heavy (non-hydrogen) atoms. The van der Waals surface area contributed by atoms with Gasteiger partial charge in [0.25, 0.3) is 0 Å². The molecule has 0 unspecified atom stereocenters. The van der Waals surface area contributed by atoms with Crippen molar-refractivity contribution in [3.05, 3.63) is 22.9 Å². The molecule has 1 nitrogen and oxygen atoms in total. The summed E-state index contributed by atoms with van der Waals surface area (Å²) in [5, 5.41) is 7.40. The fraction of sp³-hybridized carbons (Fsp3) is 0.636. The average molecular weight is 195 g/mol. The molecule has 0 aromatic rings. The summed E-state index contributed by atoms with van der Waals surface area (Å²) in [6, 6.07) is 0. The molecule has 2 N–H and O–H groups in total. The van der Waals surface area contributed by atoms with Crippen molar-refractivity contribution in [2.75, 3.05) is 0 Å².